The van der Waals surface area contributed by atoms with Gasteiger partial charge >= 0.3 is 12.1 Å². The molecule has 0 fully saturated rings. The molecule has 0 spiro atoms. The highest BCUT2D eigenvalue weighted by atomic mass is 35.5. The number of esters is 1. The Bertz CT molecular complexity index is 1270. The quantitative estimate of drug-likeness (QED) is 0.256. The smallest absolute Gasteiger partial charge is 0.389 e. The van der Waals surface area contributed by atoms with E-state index in [0.29, 0.717) is 11.6 Å². The zero-order valence-electron chi connectivity index (χ0n) is 20.8. The van der Waals surface area contributed by atoms with E-state index in [1.54, 1.807) is 53.5 Å². The van der Waals surface area contributed by atoms with Crippen molar-refractivity contribution in [1.82, 2.24) is 15.3 Å². The first kappa shape index (κ1) is 29.9. The van der Waals surface area contributed by atoms with Crippen LogP contribution >= 0.6 is 23.2 Å². The van der Waals surface area contributed by atoms with Crippen LogP contribution in [0.3, 0.4) is 0 Å². The summed E-state index contributed by atoms with van der Waals surface area (Å²) in [5.41, 5.74) is 1.43. The molecule has 1 heterocycles. The molecular formula is C27H25Cl2F3N4O3. The molecule has 0 aliphatic rings. The van der Waals surface area contributed by atoms with E-state index in [2.05, 4.69) is 15.3 Å². The topological polar surface area (TPSA) is 84.4 Å². The zero-order valence-corrected chi connectivity index (χ0v) is 22.3. The summed E-state index contributed by atoms with van der Waals surface area (Å²) < 4.78 is 42.9. The van der Waals surface area contributed by atoms with E-state index in [0.717, 1.165) is 5.56 Å². The highest BCUT2D eigenvalue weighted by Gasteiger charge is 2.27. The SMILES string of the molecule is COC(=O)C(C/C=C/c1ccc(N(CCCC(F)(F)F)c2ncccn2)cc1)NC(=O)c1c(Cl)cccc1Cl. The number of benzene rings is 2. The van der Waals surface area contributed by atoms with Crippen LogP contribution in [0.2, 0.25) is 10.0 Å². The van der Waals surface area contributed by atoms with Crippen molar-refractivity contribution in [2.45, 2.75) is 31.5 Å². The van der Waals surface area contributed by atoms with Crippen LogP contribution in [0.4, 0.5) is 24.8 Å². The molecule has 0 saturated heterocycles. The molecule has 1 aromatic heterocycles. The van der Waals surface area contributed by atoms with Crippen molar-refractivity contribution in [3.8, 4) is 0 Å². The first-order chi connectivity index (χ1) is 18.6. The molecule has 3 rings (SSSR count). The number of nitrogens with zero attached hydrogens (tertiary/aromatic N) is 3. The van der Waals surface area contributed by atoms with Gasteiger partial charge in [-0.2, -0.15) is 13.2 Å². The van der Waals surface area contributed by atoms with Crippen molar-refractivity contribution >= 4 is 52.8 Å². The molecule has 0 saturated carbocycles. The number of methoxy groups -OCH3 is 1. The number of ether oxygens (including phenoxy) is 1. The molecule has 0 aliphatic heterocycles. The summed E-state index contributed by atoms with van der Waals surface area (Å²) in [5.74, 6) is -0.977. The molecule has 39 heavy (non-hydrogen) atoms. The fraction of sp³-hybridized carbons (Fsp3) is 0.259. The van der Waals surface area contributed by atoms with Gasteiger partial charge in [0.05, 0.1) is 22.7 Å². The van der Waals surface area contributed by atoms with E-state index < -0.39 is 30.5 Å². The van der Waals surface area contributed by atoms with Gasteiger partial charge in [-0.1, -0.05) is 53.6 Å². The number of carbonyl (C=O) groups is 2. The Balaban J connectivity index is 1.70. The van der Waals surface area contributed by atoms with Crippen LogP contribution in [0.15, 0.2) is 67.0 Å². The predicted octanol–water partition coefficient (Wildman–Crippen LogP) is 6.64. The van der Waals surface area contributed by atoms with Gasteiger partial charge in [0.15, 0.2) is 0 Å². The van der Waals surface area contributed by atoms with Crippen LogP contribution in [0.25, 0.3) is 6.08 Å². The molecule has 0 bridgehead atoms. The number of anilines is 2. The van der Waals surface area contributed by atoms with Crippen molar-refractivity contribution in [2.75, 3.05) is 18.6 Å². The Morgan fingerprint density at radius 2 is 1.69 bits per heavy atom. The maximum absolute atomic E-state index is 12.7. The molecule has 1 amide bonds. The van der Waals surface area contributed by atoms with Gasteiger partial charge in [0.1, 0.15) is 6.04 Å². The zero-order chi connectivity index (χ0) is 28.4. The number of carbonyl (C=O) groups excluding carboxylic acids is 2. The summed E-state index contributed by atoms with van der Waals surface area (Å²) in [6.07, 6.45) is 1.29. The van der Waals surface area contributed by atoms with Crippen LogP contribution < -0.4 is 10.2 Å². The summed E-state index contributed by atoms with van der Waals surface area (Å²) >= 11 is 12.2. The number of nitrogens with one attached hydrogen (secondary N) is 1. The lowest BCUT2D eigenvalue weighted by molar-refractivity contribution is -0.142. The van der Waals surface area contributed by atoms with Gasteiger partial charge in [-0.05, 0) is 48.7 Å². The Morgan fingerprint density at radius 1 is 1.05 bits per heavy atom. The van der Waals surface area contributed by atoms with Gasteiger partial charge in [-0.25, -0.2) is 14.8 Å². The maximum atomic E-state index is 12.7. The van der Waals surface area contributed by atoms with Crippen LogP contribution in [0.1, 0.15) is 35.2 Å². The average molecular weight is 581 g/mol. The summed E-state index contributed by atoms with van der Waals surface area (Å²) in [6, 6.07) is 12.3. The monoisotopic (exact) mass is 580 g/mol. The highest BCUT2D eigenvalue weighted by Crippen LogP contribution is 2.27. The molecule has 0 aliphatic carbocycles. The number of hydrogen-bond donors (Lipinski definition) is 1. The minimum Gasteiger partial charge on any atom is -0.467 e. The van der Waals surface area contributed by atoms with Gasteiger partial charge in [0, 0.05) is 31.0 Å². The lowest BCUT2D eigenvalue weighted by Gasteiger charge is -2.23. The molecule has 7 nitrogen and oxygen atoms in total. The van der Waals surface area contributed by atoms with E-state index in [-0.39, 0.29) is 35.0 Å². The van der Waals surface area contributed by atoms with E-state index >= 15 is 0 Å². The molecule has 1 atom stereocenters. The van der Waals surface area contributed by atoms with Crippen molar-refractivity contribution in [3.05, 3.63) is 88.2 Å². The van der Waals surface area contributed by atoms with Crippen molar-refractivity contribution in [1.29, 1.82) is 0 Å². The Kier molecular flexibility index (Phi) is 10.7. The summed E-state index contributed by atoms with van der Waals surface area (Å²) in [5, 5.41) is 2.88. The Labute approximate surface area is 233 Å². The van der Waals surface area contributed by atoms with E-state index in [1.165, 1.54) is 31.6 Å². The minimum atomic E-state index is -4.25. The normalized spacial score (nSPS) is 12.3. The van der Waals surface area contributed by atoms with Crippen LogP contribution in [0.5, 0.6) is 0 Å². The third-order valence-electron chi connectivity index (χ3n) is 5.50. The number of halogens is 5. The second-order valence-corrected chi connectivity index (χ2v) is 9.11. The largest absolute Gasteiger partial charge is 0.467 e. The lowest BCUT2D eigenvalue weighted by Crippen LogP contribution is -2.41. The third kappa shape index (κ3) is 8.97. The Hall–Kier alpha value is -3.63. The second kappa shape index (κ2) is 14.0. The van der Waals surface area contributed by atoms with E-state index in [1.807, 2.05) is 0 Å². The maximum Gasteiger partial charge on any atom is 0.389 e. The predicted molar refractivity (Wildman–Crippen MR) is 144 cm³/mol. The number of rotatable bonds is 11. The van der Waals surface area contributed by atoms with Gasteiger partial charge in [-0.3, -0.25) is 4.79 Å². The molecule has 0 radical (unpaired) electrons. The number of alkyl halides is 3. The molecule has 1 N–H and O–H groups in total. The van der Waals surface area contributed by atoms with Gasteiger partial charge in [0.25, 0.3) is 5.91 Å². The van der Waals surface area contributed by atoms with Gasteiger partial charge < -0.3 is 15.0 Å². The van der Waals surface area contributed by atoms with Crippen LogP contribution in [-0.2, 0) is 9.53 Å². The van der Waals surface area contributed by atoms with Crippen molar-refractivity contribution < 1.29 is 27.5 Å². The van der Waals surface area contributed by atoms with Crippen LogP contribution in [-0.4, -0.2) is 47.7 Å². The first-order valence-corrected chi connectivity index (χ1v) is 12.5. The average Bonchev–Trinajstić information content (AvgIpc) is 2.90. The molecule has 3 aromatic rings. The summed E-state index contributed by atoms with van der Waals surface area (Å²) in [4.78, 5) is 34.9. The van der Waals surface area contributed by atoms with Crippen molar-refractivity contribution in [3.63, 3.8) is 0 Å². The van der Waals surface area contributed by atoms with Crippen LogP contribution in [0, 0.1) is 0 Å². The number of aromatic nitrogens is 2. The second-order valence-electron chi connectivity index (χ2n) is 8.29. The molecule has 12 heteroatoms. The molecule has 1 unspecified atom stereocenters. The molecule has 2 aromatic carbocycles. The van der Waals surface area contributed by atoms with E-state index in [4.69, 9.17) is 27.9 Å². The minimum absolute atomic E-state index is 0.0523. The van der Waals surface area contributed by atoms with Gasteiger partial charge in [0.2, 0.25) is 5.95 Å². The third-order valence-corrected chi connectivity index (χ3v) is 6.13. The Morgan fingerprint density at radius 3 is 2.28 bits per heavy atom. The fourth-order valence-electron chi connectivity index (χ4n) is 3.62. The fourth-order valence-corrected chi connectivity index (χ4v) is 4.19. The van der Waals surface area contributed by atoms with E-state index in [9.17, 15) is 22.8 Å². The molecular weight excluding hydrogens is 556 g/mol. The molecule has 206 valence electrons. The standard InChI is InChI=1S/C27H25Cl2F3N4O3/c1-39-25(38)22(35-24(37)23-20(28)7-3-8-21(23)29)9-2-6-18-10-12-19(13-11-18)36(17-4-14-27(30,31)32)26-33-15-5-16-34-26/h2-3,5-8,10-13,15-16,22H,4,9,14,17H2,1H3,(H,35,37)/b6-2+. The number of hydrogen-bond acceptors (Lipinski definition) is 6. The van der Waals surface area contributed by atoms with Gasteiger partial charge in [-0.15, -0.1) is 0 Å². The highest BCUT2D eigenvalue weighted by molar-refractivity contribution is 6.39. The first-order valence-electron chi connectivity index (χ1n) is 11.8. The number of amides is 1. The van der Waals surface area contributed by atoms with Crippen molar-refractivity contribution in [2.24, 2.45) is 0 Å². The summed E-state index contributed by atoms with van der Waals surface area (Å²) in [7, 11) is 1.21. The summed E-state index contributed by atoms with van der Waals surface area (Å²) in [6.45, 7) is 0.0780. The lowest BCUT2D eigenvalue weighted by atomic mass is 10.1.